The number of nitrogens with zero attached hydrogens (tertiary/aromatic N) is 4. The molecular weight excluding hydrogens is 388 g/mol. The van der Waals surface area contributed by atoms with Gasteiger partial charge in [-0.3, -0.25) is 4.90 Å². The fourth-order valence-electron chi connectivity index (χ4n) is 4.96. The number of rotatable bonds is 6. The predicted molar refractivity (Wildman–Crippen MR) is 121 cm³/mol. The molecule has 0 N–H and O–H groups in total. The first-order valence-electron chi connectivity index (χ1n) is 10.8. The smallest absolute Gasteiger partial charge is 0.225 e. The van der Waals surface area contributed by atoms with E-state index in [1.165, 1.54) is 0 Å². The molecule has 5 rings (SSSR count). The number of likely N-dealkylation sites (tertiary alicyclic amines) is 1. The largest absolute Gasteiger partial charge is 0.496 e. The molecule has 3 aromatic rings. The van der Waals surface area contributed by atoms with Gasteiger partial charge in [0.1, 0.15) is 11.5 Å². The van der Waals surface area contributed by atoms with E-state index in [-0.39, 0.29) is 0 Å². The number of fused-ring (bicyclic) bond motifs is 1. The molecule has 2 atom stereocenters. The minimum absolute atomic E-state index is 0.629. The molecule has 0 bridgehead atoms. The molecule has 2 unspecified atom stereocenters. The monoisotopic (exact) mass is 416 g/mol. The van der Waals surface area contributed by atoms with Crippen LogP contribution in [0.1, 0.15) is 5.56 Å². The Morgan fingerprint density at radius 1 is 0.839 bits per heavy atom. The number of anilines is 1. The van der Waals surface area contributed by atoms with Gasteiger partial charge in [0.25, 0.3) is 0 Å². The molecule has 2 aliphatic rings. The first-order valence-corrected chi connectivity index (χ1v) is 10.8. The third-order valence-corrected chi connectivity index (χ3v) is 6.47. The second kappa shape index (κ2) is 8.55. The lowest BCUT2D eigenvalue weighted by molar-refractivity contribution is 0.292. The number of methoxy groups -OCH3 is 2. The summed E-state index contributed by atoms with van der Waals surface area (Å²) in [4.78, 5) is 14.3. The van der Waals surface area contributed by atoms with Crippen molar-refractivity contribution in [2.75, 3.05) is 45.3 Å². The Morgan fingerprint density at radius 3 is 2.16 bits per heavy atom. The van der Waals surface area contributed by atoms with Gasteiger partial charge in [-0.2, -0.15) is 0 Å². The number of aromatic nitrogens is 2. The molecule has 0 aliphatic carbocycles. The van der Waals surface area contributed by atoms with Crippen LogP contribution < -0.4 is 14.4 Å². The van der Waals surface area contributed by atoms with Gasteiger partial charge < -0.3 is 14.4 Å². The van der Waals surface area contributed by atoms with Crippen LogP contribution in [0.15, 0.2) is 60.8 Å². The third kappa shape index (κ3) is 3.95. The summed E-state index contributed by atoms with van der Waals surface area (Å²) in [6, 6.07) is 18.3. The first-order chi connectivity index (χ1) is 15.2. The maximum atomic E-state index is 5.58. The number of hydrogen-bond donors (Lipinski definition) is 0. The first kappa shape index (κ1) is 19.8. The van der Waals surface area contributed by atoms with E-state index in [0.717, 1.165) is 67.0 Å². The third-order valence-electron chi connectivity index (χ3n) is 6.47. The topological polar surface area (TPSA) is 50.7 Å². The fraction of sp³-hybridized carbons (Fsp3) is 0.360. The molecule has 0 amide bonds. The lowest BCUT2D eigenvalue weighted by atomic mass is 10.0. The van der Waals surface area contributed by atoms with Crippen molar-refractivity contribution >= 4 is 5.95 Å². The molecule has 0 spiro atoms. The van der Waals surface area contributed by atoms with Gasteiger partial charge in [-0.25, -0.2) is 9.97 Å². The summed E-state index contributed by atoms with van der Waals surface area (Å²) in [6.45, 7) is 4.99. The Bertz CT molecular complexity index is 1010. The molecule has 0 radical (unpaired) electrons. The van der Waals surface area contributed by atoms with Crippen molar-refractivity contribution in [3.63, 3.8) is 0 Å². The van der Waals surface area contributed by atoms with Crippen LogP contribution in [0.4, 0.5) is 5.95 Å². The van der Waals surface area contributed by atoms with Crippen LogP contribution in [0.25, 0.3) is 11.3 Å². The maximum absolute atomic E-state index is 5.58. The highest BCUT2D eigenvalue weighted by Gasteiger charge is 2.41. The molecule has 2 saturated heterocycles. The normalized spacial score (nSPS) is 20.6. The average molecular weight is 417 g/mol. The number of hydrogen-bond acceptors (Lipinski definition) is 6. The molecule has 6 nitrogen and oxygen atoms in total. The highest BCUT2D eigenvalue weighted by molar-refractivity contribution is 5.60. The molecular formula is C25H28N4O2. The van der Waals surface area contributed by atoms with Crippen LogP contribution in [-0.2, 0) is 6.54 Å². The molecule has 0 saturated carbocycles. The Hall–Kier alpha value is -3.12. The van der Waals surface area contributed by atoms with Gasteiger partial charge in [-0.1, -0.05) is 36.4 Å². The molecule has 2 aromatic carbocycles. The second-order valence-corrected chi connectivity index (χ2v) is 8.37. The zero-order valence-corrected chi connectivity index (χ0v) is 18.1. The minimum Gasteiger partial charge on any atom is -0.496 e. The van der Waals surface area contributed by atoms with Crippen LogP contribution in [0, 0.1) is 11.8 Å². The predicted octanol–water partition coefficient (Wildman–Crippen LogP) is 3.73. The summed E-state index contributed by atoms with van der Waals surface area (Å²) < 4.78 is 11.2. The Balaban J connectivity index is 1.26. The molecule has 2 aliphatic heterocycles. The van der Waals surface area contributed by atoms with Gasteiger partial charge >= 0.3 is 0 Å². The number of benzene rings is 2. The summed E-state index contributed by atoms with van der Waals surface area (Å²) in [7, 11) is 3.44. The van der Waals surface area contributed by atoms with Gasteiger partial charge in [-0.15, -0.1) is 0 Å². The Morgan fingerprint density at radius 2 is 1.52 bits per heavy atom. The molecule has 6 heteroatoms. The van der Waals surface area contributed by atoms with Crippen molar-refractivity contribution in [3.8, 4) is 22.8 Å². The van der Waals surface area contributed by atoms with E-state index in [1.54, 1.807) is 14.2 Å². The molecule has 2 fully saturated rings. The zero-order valence-electron chi connectivity index (χ0n) is 18.1. The van der Waals surface area contributed by atoms with E-state index in [4.69, 9.17) is 14.5 Å². The van der Waals surface area contributed by atoms with Gasteiger partial charge in [-0.05, 0) is 30.0 Å². The summed E-state index contributed by atoms with van der Waals surface area (Å²) in [6.07, 6.45) is 1.87. The second-order valence-electron chi connectivity index (χ2n) is 8.37. The van der Waals surface area contributed by atoms with Crippen LogP contribution >= 0.6 is 0 Å². The van der Waals surface area contributed by atoms with Gasteiger partial charge in [0, 0.05) is 44.5 Å². The highest BCUT2D eigenvalue weighted by atomic mass is 16.5. The van der Waals surface area contributed by atoms with Crippen molar-refractivity contribution in [2.24, 2.45) is 11.8 Å². The minimum atomic E-state index is 0.629. The summed E-state index contributed by atoms with van der Waals surface area (Å²) in [5.74, 6) is 3.89. The van der Waals surface area contributed by atoms with Gasteiger partial charge in [0.05, 0.1) is 25.5 Å². The molecule has 3 heterocycles. The van der Waals surface area contributed by atoms with E-state index in [2.05, 4.69) is 26.9 Å². The zero-order chi connectivity index (χ0) is 21.2. The van der Waals surface area contributed by atoms with E-state index < -0.39 is 0 Å². The van der Waals surface area contributed by atoms with Gasteiger partial charge in [0.15, 0.2) is 0 Å². The highest BCUT2D eigenvalue weighted by Crippen LogP contribution is 2.36. The van der Waals surface area contributed by atoms with Crippen LogP contribution in [0.5, 0.6) is 11.5 Å². The lowest BCUT2D eigenvalue weighted by Gasteiger charge is -2.23. The molecule has 31 heavy (non-hydrogen) atoms. The van der Waals surface area contributed by atoms with Crippen molar-refractivity contribution in [3.05, 3.63) is 66.4 Å². The van der Waals surface area contributed by atoms with Crippen molar-refractivity contribution in [1.29, 1.82) is 0 Å². The quantitative estimate of drug-likeness (QED) is 0.610. The van der Waals surface area contributed by atoms with E-state index in [1.807, 2.05) is 48.7 Å². The van der Waals surface area contributed by atoms with E-state index >= 15 is 0 Å². The molecule has 1 aromatic heterocycles. The van der Waals surface area contributed by atoms with Crippen LogP contribution in [-0.4, -0.2) is 55.3 Å². The maximum Gasteiger partial charge on any atom is 0.225 e. The van der Waals surface area contributed by atoms with E-state index in [0.29, 0.717) is 11.8 Å². The summed E-state index contributed by atoms with van der Waals surface area (Å²) in [5.41, 5.74) is 3.23. The van der Waals surface area contributed by atoms with Crippen molar-refractivity contribution in [1.82, 2.24) is 14.9 Å². The molecule has 160 valence electrons. The van der Waals surface area contributed by atoms with Crippen LogP contribution in [0.2, 0.25) is 0 Å². The van der Waals surface area contributed by atoms with Crippen molar-refractivity contribution < 1.29 is 9.47 Å². The SMILES string of the molecule is COc1cccc(OC)c1CN1CC2CN(c3nccc(-c4ccccc4)n3)CC2C1. The Labute approximate surface area is 183 Å². The number of ether oxygens (including phenoxy) is 2. The fourth-order valence-corrected chi connectivity index (χ4v) is 4.96. The Kier molecular flexibility index (Phi) is 5.47. The summed E-state index contributed by atoms with van der Waals surface area (Å²) in [5, 5.41) is 0. The average Bonchev–Trinajstić information content (AvgIpc) is 3.39. The summed E-state index contributed by atoms with van der Waals surface area (Å²) >= 11 is 0. The van der Waals surface area contributed by atoms with Gasteiger partial charge in [0.2, 0.25) is 5.95 Å². The lowest BCUT2D eigenvalue weighted by Crippen LogP contribution is -2.29. The van der Waals surface area contributed by atoms with Crippen molar-refractivity contribution in [2.45, 2.75) is 6.54 Å². The van der Waals surface area contributed by atoms with E-state index in [9.17, 15) is 0 Å². The van der Waals surface area contributed by atoms with Crippen LogP contribution in [0.3, 0.4) is 0 Å². The standard InChI is InChI=1S/C25H28N4O2/c1-30-23-9-6-10-24(31-2)21(23)17-28-13-19-15-29(16-20(19)14-28)25-26-12-11-22(27-25)18-7-4-3-5-8-18/h3-12,19-20H,13-17H2,1-2H3.